The molecule has 3 N–H and O–H groups in total. The standard InChI is InChI=1S/C56H108O17P2/c1-5-9-13-16-19-21-23-24-25-26-28-30-32-35-38-40-53(58)66-46-51(72-55(60)42-36-12-8-4)48-70-74(62,63)68-44-50(57)45-69-75(64,65)71-49-52(73-56(61)43-39-33-18-15-11-7-3)47-67-54(59)41-37-34-31-29-27-22-20-17-14-10-6-2/h50-52,57H,5-49H2,1-4H3,(H,62,63)(H,64,65)/t50-,51+,52+/m0/s1. The summed E-state index contributed by atoms with van der Waals surface area (Å²) in [7, 11) is -9.84. The van der Waals surface area contributed by atoms with Crippen LogP contribution in [-0.2, 0) is 65.4 Å². The van der Waals surface area contributed by atoms with Crippen LogP contribution >= 0.6 is 15.6 Å². The third-order valence-electron chi connectivity index (χ3n) is 12.9. The van der Waals surface area contributed by atoms with Crippen LogP contribution in [-0.4, -0.2) is 96.7 Å². The lowest BCUT2D eigenvalue weighted by atomic mass is 10.0. The Kier molecular flexibility index (Phi) is 50.2. The number of carbonyl (C=O) groups is 4. The van der Waals surface area contributed by atoms with Gasteiger partial charge in [-0.15, -0.1) is 0 Å². The molecular weight excluding hydrogens is 1010 g/mol. The van der Waals surface area contributed by atoms with Crippen molar-refractivity contribution in [2.24, 2.45) is 0 Å². The Bertz CT molecular complexity index is 1470. The Morgan fingerprint density at radius 2 is 0.533 bits per heavy atom. The maximum Gasteiger partial charge on any atom is 0.472 e. The number of ether oxygens (including phenoxy) is 4. The largest absolute Gasteiger partial charge is 0.472 e. The molecule has 75 heavy (non-hydrogen) atoms. The van der Waals surface area contributed by atoms with Gasteiger partial charge in [-0.25, -0.2) is 9.13 Å². The second-order valence-electron chi connectivity index (χ2n) is 20.3. The van der Waals surface area contributed by atoms with Crippen LogP contribution in [0.2, 0.25) is 0 Å². The van der Waals surface area contributed by atoms with E-state index >= 15 is 0 Å². The number of carbonyl (C=O) groups excluding carboxylic acids is 4. The van der Waals surface area contributed by atoms with Gasteiger partial charge in [-0.2, -0.15) is 0 Å². The number of aliphatic hydroxyl groups excluding tert-OH is 1. The highest BCUT2D eigenvalue weighted by molar-refractivity contribution is 7.47. The molecular formula is C56H108O17P2. The van der Waals surface area contributed by atoms with Gasteiger partial charge in [0.2, 0.25) is 0 Å². The van der Waals surface area contributed by atoms with Crippen LogP contribution in [0.1, 0.15) is 278 Å². The maximum atomic E-state index is 12.8. The molecule has 0 aliphatic rings. The number of hydrogen-bond donors (Lipinski definition) is 3. The van der Waals surface area contributed by atoms with Gasteiger partial charge in [0.05, 0.1) is 26.4 Å². The van der Waals surface area contributed by atoms with Gasteiger partial charge in [-0.3, -0.25) is 37.3 Å². The first-order valence-corrected chi connectivity index (χ1v) is 32.8. The lowest BCUT2D eigenvalue weighted by Crippen LogP contribution is -2.30. The molecule has 0 heterocycles. The fourth-order valence-electron chi connectivity index (χ4n) is 8.22. The summed E-state index contributed by atoms with van der Waals surface area (Å²) in [5, 5.41) is 10.4. The molecule has 19 heteroatoms. The first-order valence-electron chi connectivity index (χ1n) is 29.8. The van der Waals surface area contributed by atoms with E-state index in [-0.39, 0.29) is 25.7 Å². The molecule has 0 radical (unpaired) electrons. The fraction of sp³-hybridized carbons (Fsp3) is 0.929. The molecule has 0 aromatic carbocycles. The average molecular weight is 1120 g/mol. The van der Waals surface area contributed by atoms with Crippen molar-refractivity contribution in [2.75, 3.05) is 39.6 Å². The van der Waals surface area contributed by atoms with E-state index < -0.39 is 97.5 Å². The summed E-state index contributed by atoms with van der Waals surface area (Å²) in [5.74, 6) is -2.17. The van der Waals surface area contributed by atoms with Crippen molar-refractivity contribution >= 4 is 39.5 Å². The Hall–Kier alpha value is -1.94. The molecule has 0 saturated carbocycles. The third kappa shape index (κ3) is 51.3. The quantitative estimate of drug-likeness (QED) is 0.0222. The van der Waals surface area contributed by atoms with Crippen LogP contribution in [0.4, 0.5) is 0 Å². The van der Waals surface area contributed by atoms with Crippen molar-refractivity contribution in [1.29, 1.82) is 0 Å². The zero-order valence-corrected chi connectivity index (χ0v) is 49.3. The van der Waals surface area contributed by atoms with E-state index in [1.165, 1.54) is 116 Å². The number of phosphoric ester groups is 2. The summed E-state index contributed by atoms with van der Waals surface area (Å²) >= 11 is 0. The van der Waals surface area contributed by atoms with Gasteiger partial charge in [0.1, 0.15) is 19.3 Å². The van der Waals surface area contributed by atoms with Crippen molar-refractivity contribution in [3.05, 3.63) is 0 Å². The van der Waals surface area contributed by atoms with Gasteiger partial charge in [-0.1, -0.05) is 227 Å². The summed E-state index contributed by atoms with van der Waals surface area (Å²) in [6, 6.07) is 0. The Labute approximate surface area is 454 Å². The van der Waals surface area contributed by atoms with Crippen LogP contribution in [0.3, 0.4) is 0 Å². The SMILES string of the molecule is CCCCCCCCCCCCCCCCCC(=O)OC[C@H](COP(=O)(O)OC[C@H](O)COP(=O)(O)OC[C@@H](COC(=O)CCCCCCCCCCCCC)OC(=O)CCCCCCCC)OC(=O)CCCCC. The highest BCUT2D eigenvalue weighted by Crippen LogP contribution is 2.45. The molecule has 5 atom stereocenters. The first-order chi connectivity index (χ1) is 36.2. The Morgan fingerprint density at radius 1 is 0.320 bits per heavy atom. The minimum atomic E-state index is -4.92. The average Bonchev–Trinajstić information content (AvgIpc) is 3.38. The summed E-state index contributed by atoms with van der Waals surface area (Å²) in [6.07, 6.45) is 34.6. The molecule has 0 aromatic heterocycles. The molecule has 0 aromatic rings. The number of phosphoric acid groups is 2. The predicted octanol–water partition coefficient (Wildman–Crippen LogP) is 14.8. The van der Waals surface area contributed by atoms with E-state index in [0.717, 1.165) is 83.5 Å². The number of aliphatic hydroxyl groups is 1. The lowest BCUT2D eigenvalue weighted by molar-refractivity contribution is -0.161. The zero-order valence-electron chi connectivity index (χ0n) is 47.5. The summed E-state index contributed by atoms with van der Waals surface area (Å²) in [6.45, 7) is 4.58. The van der Waals surface area contributed by atoms with Gasteiger partial charge in [0.25, 0.3) is 0 Å². The third-order valence-corrected chi connectivity index (χ3v) is 14.8. The first kappa shape index (κ1) is 73.1. The normalized spacial score (nSPS) is 14.4. The van der Waals surface area contributed by atoms with Crippen molar-refractivity contribution in [3.8, 4) is 0 Å². The number of unbranched alkanes of at least 4 members (excludes halogenated alkanes) is 31. The summed E-state index contributed by atoms with van der Waals surface area (Å²) < 4.78 is 67.1. The molecule has 0 aliphatic heterocycles. The molecule has 0 amide bonds. The van der Waals surface area contributed by atoms with E-state index in [1.54, 1.807) is 0 Å². The maximum absolute atomic E-state index is 12.8. The minimum Gasteiger partial charge on any atom is -0.462 e. The molecule has 0 aliphatic carbocycles. The minimum absolute atomic E-state index is 0.0906. The van der Waals surface area contributed by atoms with Gasteiger partial charge in [0.15, 0.2) is 12.2 Å². The van der Waals surface area contributed by atoms with Crippen LogP contribution < -0.4 is 0 Å². The van der Waals surface area contributed by atoms with Crippen LogP contribution in [0.5, 0.6) is 0 Å². The molecule has 0 bridgehead atoms. The van der Waals surface area contributed by atoms with E-state index in [4.69, 9.17) is 37.0 Å². The van der Waals surface area contributed by atoms with E-state index in [1.807, 2.05) is 6.92 Å². The molecule has 444 valence electrons. The molecule has 2 unspecified atom stereocenters. The van der Waals surface area contributed by atoms with Crippen LogP contribution in [0, 0.1) is 0 Å². The lowest BCUT2D eigenvalue weighted by Gasteiger charge is -2.21. The Balaban J connectivity index is 4.93. The molecule has 0 rings (SSSR count). The van der Waals surface area contributed by atoms with Crippen LogP contribution in [0.25, 0.3) is 0 Å². The predicted molar refractivity (Wildman–Crippen MR) is 294 cm³/mol. The topological polar surface area (TPSA) is 237 Å². The number of rotatable bonds is 57. The molecule has 0 spiro atoms. The smallest absolute Gasteiger partial charge is 0.462 e. The van der Waals surface area contributed by atoms with Crippen LogP contribution in [0.15, 0.2) is 0 Å². The highest BCUT2D eigenvalue weighted by atomic mass is 31.2. The van der Waals surface area contributed by atoms with Gasteiger partial charge in [0, 0.05) is 25.7 Å². The van der Waals surface area contributed by atoms with E-state index in [2.05, 4.69) is 20.8 Å². The second-order valence-corrected chi connectivity index (χ2v) is 23.2. The monoisotopic (exact) mass is 1110 g/mol. The zero-order chi connectivity index (χ0) is 55.5. The van der Waals surface area contributed by atoms with Crippen molar-refractivity contribution in [1.82, 2.24) is 0 Å². The van der Waals surface area contributed by atoms with Crippen molar-refractivity contribution in [3.63, 3.8) is 0 Å². The van der Waals surface area contributed by atoms with Crippen molar-refractivity contribution in [2.45, 2.75) is 296 Å². The van der Waals surface area contributed by atoms with Gasteiger partial charge in [-0.05, 0) is 25.7 Å². The highest BCUT2D eigenvalue weighted by Gasteiger charge is 2.30. The van der Waals surface area contributed by atoms with Gasteiger partial charge < -0.3 is 33.8 Å². The van der Waals surface area contributed by atoms with Gasteiger partial charge >= 0.3 is 39.5 Å². The summed E-state index contributed by atoms with van der Waals surface area (Å²) in [5.41, 5.74) is 0. The summed E-state index contributed by atoms with van der Waals surface area (Å²) in [4.78, 5) is 71.1. The van der Waals surface area contributed by atoms with E-state index in [9.17, 15) is 43.2 Å². The molecule has 17 nitrogen and oxygen atoms in total. The number of hydrogen-bond acceptors (Lipinski definition) is 15. The number of esters is 4. The Morgan fingerprint density at radius 3 is 0.813 bits per heavy atom. The van der Waals surface area contributed by atoms with Crippen molar-refractivity contribution < 1.29 is 80.2 Å². The molecule has 0 saturated heterocycles. The van der Waals surface area contributed by atoms with E-state index in [0.29, 0.717) is 25.7 Å². The fourth-order valence-corrected chi connectivity index (χ4v) is 9.80. The molecule has 0 fully saturated rings. The second kappa shape index (κ2) is 51.5.